The average Bonchev–Trinajstić information content (AvgIpc) is 4.13. The second-order valence-electron chi connectivity index (χ2n) is 19.0. The number of hydrogen-bond donors (Lipinski definition) is 2. The molecule has 1 unspecified atom stereocenters. The Balaban J connectivity index is 0.702. The Kier molecular flexibility index (Phi) is 14.1. The third-order valence-corrected chi connectivity index (χ3v) is 14.2. The zero-order valence-corrected chi connectivity index (χ0v) is 40.4. The SMILES string of the molecule is CCOc1cc(-c2ccc(N3CCC(COCc4cn(CCCCN5CCN(c6ccc7c(c6)CN(C6CCC(=O)NC6=O)C7=O)CC5)nn4)(NC(=O)c4cc(F)ccc4F)CC3)nc2)c2c(C#N)cnn2c1. The zero-order valence-electron chi connectivity index (χ0n) is 40.4. The van der Waals surface area contributed by atoms with E-state index in [1.54, 1.807) is 26.5 Å². The molecule has 21 heteroatoms. The third-order valence-electron chi connectivity index (χ3n) is 14.2. The summed E-state index contributed by atoms with van der Waals surface area (Å²) in [5.41, 5.74) is 4.48. The summed E-state index contributed by atoms with van der Waals surface area (Å²) in [6, 6.07) is 16.0. The molecule has 10 rings (SSSR count). The molecule has 3 fully saturated rings. The van der Waals surface area contributed by atoms with Gasteiger partial charge in [0.2, 0.25) is 11.8 Å². The van der Waals surface area contributed by atoms with Gasteiger partial charge in [-0.3, -0.25) is 34.1 Å². The van der Waals surface area contributed by atoms with Crippen molar-refractivity contribution < 1.29 is 37.4 Å². The summed E-state index contributed by atoms with van der Waals surface area (Å²) >= 11 is 0. The summed E-state index contributed by atoms with van der Waals surface area (Å²) < 4.78 is 44.5. The van der Waals surface area contributed by atoms with Gasteiger partial charge in [0, 0.05) is 87.4 Å². The van der Waals surface area contributed by atoms with Gasteiger partial charge in [0.05, 0.1) is 60.6 Å². The topological polar surface area (TPSA) is 208 Å². The van der Waals surface area contributed by atoms with Crippen molar-refractivity contribution in [1.29, 1.82) is 5.26 Å². The Hall–Kier alpha value is -7.83. The first-order valence-electron chi connectivity index (χ1n) is 24.7. The number of aryl methyl sites for hydroxylation is 1. The van der Waals surface area contributed by atoms with Crippen molar-refractivity contribution >= 4 is 40.7 Å². The summed E-state index contributed by atoms with van der Waals surface area (Å²) in [6.45, 7) is 8.99. The Morgan fingerprint density at radius 2 is 1.75 bits per heavy atom. The highest BCUT2D eigenvalue weighted by atomic mass is 19.1. The van der Waals surface area contributed by atoms with E-state index < -0.39 is 35.0 Å². The fraction of sp³-hybridized carbons (Fsp3) is 0.404. The molecule has 0 spiro atoms. The maximum Gasteiger partial charge on any atom is 0.255 e. The minimum Gasteiger partial charge on any atom is -0.492 e. The molecule has 1 atom stereocenters. The minimum atomic E-state index is -0.919. The number of ether oxygens (including phenoxy) is 2. The van der Waals surface area contributed by atoms with Gasteiger partial charge in [0.1, 0.15) is 41.0 Å². The van der Waals surface area contributed by atoms with Gasteiger partial charge >= 0.3 is 0 Å². The Bertz CT molecular complexity index is 3080. The van der Waals surface area contributed by atoms with Crippen molar-refractivity contribution in [2.45, 2.75) is 76.7 Å². The number of piperidine rings is 2. The lowest BCUT2D eigenvalue weighted by atomic mass is 9.87. The van der Waals surface area contributed by atoms with Gasteiger partial charge in [0.15, 0.2) is 0 Å². The van der Waals surface area contributed by atoms with Crippen molar-refractivity contribution in [2.75, 3.05) is 68.8 Å². The van der Waals surface area contributed by atoms with Crippen molar-refractivity contribution in [3.63, 3.8) is 0 Å². The molecule has 0 saturated carbocycles. The summed E-state index contributed by atoms with van der Waals surface area (Å²) in [4.78, 5) is 64.1. The van der Waals surface area contributed by atoms with Crippen LogP contribution in [0.5, 0.6) is 5.75 Å². The molecule has 6 aromatic rings. The first-order chi connectivity index (χ1) is 35.5. The summed E-state index contributed by atoms with van der Waals surface area (Å²) in [6.07, 6.45) is 10.1. The number of nitrogens with zero attached hydrogens (tertiary/aromatic N) is 11. The molecule has 0 bridgehead atoms. The van der Waals surface area contributed by atoms with Crippen LogP contribution in [0.2, 0.25) is 0 Å². The van der Waals surface area contributed by atoms with Crippen molar-refractivity contribution in [3.8, 4) is 22.9 Å². The Morgan fingerprint density at radius 1 is 0.932 bits per heavy atom. The molecule has 3 saturated heterocycles. The highest BCUT2D eigenvalue weighted by Gasteiger charge is 2.40. The first kappa shape index (κ1) is 48.8. The Labute approximate surface area is 419 Å². The first-order valence-corrected chi connectivity index (χ1v) is 24.7. The lowest BCUT2D eigenvalue weighted by Crippen LogP contribution is -2.58. The zero-order chi connectivity index (χ0) is 50.6. The number of nitrogens with one attached hydrogen (secondary N) is 2. The van der Waals surface area contributed by atoms with Crippen molar-refractivity contribution in [3.05, 3.63) is 119 Å². The summed E-state index contributed by atoms with van der Waals surface area (Å²) in [5.74, 6) is -1.85. The standard InChI is InChI=1S/C52H55F2N13O6/c1-2-73-40-25-42(48-36(26-55)28-57-67(48)31-40)34-5-11-46(56-27-34)64-17-13-52(14-18-64,59-49(69)43-24-37(53)6-9-44(43)54)33-72-32-38-30-65(61-60-38)16-4-3-15-62-19-21-63(22-20-62)39-7-8-41-35(23-39)29-66(51(41)71)45-10-12-47(68)58-50(45)70/h5-9,11,23-25,27-28,30-31,45H,2-4,10,12-22,29,32-33H2,1H3,(H,59,69)(H,58,68,70). The molecule has 4 aliphatic rings. The number of nitriles is 1. The minimum absolute atomic E-state index is 0.0874. The van der Waals surface area contributed by atoms with Crippen LogP contribution in [0.25, 0.3) is 16.6 Å². The molecule has 8 heterocycles. The van der Waals surface area contributed by atoms with E-state index in [-0.39, 0.29) is 37.0 Å². The molecule has 4 aromatic heterocycles. The fourth-order valence-corrected chi connectivity index (χ4v) is 10.3. The van der Waals surface area contributed by atoms with Crippen LogP contribution in [0, 0.1) is 23.0 Å². The molecule has 0 radical (unpaired) electrons. The van der Waals surface area contributed by atoms with Crippen molar-refractivity contribution in [2.24, 2.45) is 0 Å². The van der Waals surface area contributed by atoms with Crippen LogP contribution in [-0.4, -0.2) is 134 Å². The average molecular weight is 996 g/mol. The highest BCUT2D eigenvalue weighted by molar-refractivity contribution is 6.05. The van der Waals surface area contributed by atoms with Gasteiger partial charge < -0.3 is 29.5 Å². The fourth-order valence-electron chi connectivity index (χ4n) is 10.3. The number of amides is 4. The third kappa shape index (κ3) is 10.6. The number of hydrogen-bond acceptors (Lipinski definition) is 14. The number of imide groups is 1. The van der Waals surface area contributed by atoms with E-state index in [9.17, 15) is 33.2 Å². The molecule has 0 aliphatic carbocycles. The Morgan fingerprint density at radius 3 is 2.52 bits per heavy atom. The van der Waals surface area contributed by atoms with Gasteiger partial charge in [-0.25, -0.2) is 18.3 Å². The van der Waals surface area contributed by atoms with Crippen LogP contribution in [0.4, 0.5) is 20.3 Å². The van der Waals surface area contributed by atoms with Gasteiger partial charge in [-0.05, 0) is 106 Å². The van der Waals surface area contributed by atoms with Crippen molar-refractivity contribution in [1.82, 2.24) is 50.0 Å². The highest BCUT2D eigenvalue weighted by Crippen LogP contribution is 2.34. The molecule has 19 nitrogen and oxygen atoms in total. The maximum atomic E-state index is 14.8. The lowest BCUT2D eigenvalue weighted by molar-refractivity contribution is -0.136. The smallest absolute Gasteiger partial charge is 0.255 e. The molecule has 2 aromatic carbocycles. The number of unbranched alkanes of at least 4 members (excludes halogenated alkanes) is 1. The van der Waals surface area contributed by atoms with Crippen LogP contribution in [0.3, 0.4) is 0 Å². The van der Waals surface area contributed by atoms with Gasteiger partial charge in [0.25, 0.3) is 11.8 Å². The number of carbonyl (C=O) groups is 4. The predicted octanol–water partition coefficient (Wildman–Crippen LogP) is 4.89. The summed E-state index contributed by atoms with van der Waals surface area (Å²) in [7, 11) is 0. The second kappa shape index (κ2) is 21.1. The number of aromatic nitrogens is 6. The van der Waals surface area contributed by atoms with Crippen LogP contribution < -0.4 is 25.2 Å². The number of benzene rings is 2. The molecule has 4 amide bonds. The number of fused-ring (bicyclic) bond motifs is 2. The largest absolute Gasteiger partial charge is 0.492 e. The van der Waals surface area contributed by atoms with E-state index in [2.05, 4.69) is 52.9 Å². The predicted molar refractivity (Wildman–Crippen MR) is 262 cm³/mol. The van der Waals surface area contributed by atoms with Gasteiger partial charge in [-0.1, -0.05) is 5.21 Å². The molecular weight excluding hydrogens is 941 g/mol. The van der Waals surface area contributed by atoms with E-state index in [0.29, 0.717) is 86.0 Å². The van der Waals surface area contributed by atoms with Gasteiger partial charge in [-0.2, -0.15) is 10.4 Å². The summed E-state index contributed by atoms with van der Waals surface area (Å²) in [5, 5.41) is 28.1. The number of pyridine rings is 2. The van der Waals surface area contributed by atoms with E-state index in [1.165, 1.54) is 6.20 Å². The molecule has 73 heavy (non-hydrogen) atoms. The van der Waals surface area contributed by atoms with E-state index in [1.807, 2.05) is 43.5 Å². The lowest BCUT2D eigenvalue weighted by Gasteiger charge is -2.42. The molecule has 4 aliphatic heterocycles. The number of rotatable bonds is 17. The molecular formula is C52H55F2N13O6. The quantitative estimate of drug-likeness (QED) is 0.0923. The monoisotopic (exact) mass is 995 g/mol. The normalized spacial score (nSPS) is 18.0. The molecule has 2 N–H and O–H groups in total. The van der Waals surface area contributed by atoms with E-state index in [0.717, 1.165) is 86.1 Å². The number of carbonyl (C=O) groups excluding carboxylic acids is 4. The van der Waals surface area contributed by atoms with Crippen LogP contribution in [-0.2, 0) is 34.0 Å². The van der Waals surface area contributed by atoms with Crippen LogP contribution in [0.15, 0.2) is 79.4 Å². The van der Waals surface area contributed by atoms with E-state index in [4.69, 9.17) is 14.5 Å². The number of piperazine rings is 1. The van der Waals surface area contributed by atoms with Gasteiger partial charge in [-0.15, -0.1) is 5.10 Å². The van der Waals surface area contributed by atoms with Crippen LogP contribution in [0.1, 0.15) is 83.0 Å². The maximum absolute atomic E-state index is 14.8. The molecule has 378 valence electrons. The number of halogens is 2. The number of anilines is 2. The van der Waals surface area contributed by atoms with Crippen LogP contribution >= 0.6 is 0 Å². The second-order valence-corrected chi connectivity index (χ2v) is 19.0. The van der Waals surface area contributed by atoms with E-state index >= 15 is 0 Å².